The first-order valence-electron chi connectivity index (χ1n) is 12.3. The second-order valence-corrected chi connectivity index (χ2v) is 9.55. The quantitative estimate of drug-likeness (QED) is 0.0899. The van der Waals surface area contributed by atoms with Crippen LogP contribution in [0.3, 0.4) is 0 Å². The van der Waals surface area contributed by atoms with Crippen molar-refractivity contribution in [1.82, 2.24) is 5.43 Å². The highest BCUT2D eigenvalue weighted by atomic mass is 35.5. The number of halogens is 2. The number of fused-ring (bicyclic) bond motifs is 1. The second-order valence-electron chi connectivity index (χ2n) is 8.71. The number of amides is 1. The van der Waals surface area contributed by atoms with E-state index in [2.05, 4.69) is 10.5 Å². The Kier molecular flexibility index (Phi) is 8.40. The van der Waals surface area contributed by atoms with E-state index < -0.39 is 11.9 Å². The van der Waals surface area contributed by atoms with E-state index in [4.69, 9.17) is 32.7 Å². The van der Waals surface area contributed by atoms with Crippen LogP contribution in [0.4, 0.5) is 0 Å². The van der Waals surface area contributed by atoms with Gasteiger partial charge in [-0.3, -0.25) is 4.79 Å². The topological polar surface area (TPSA) is 77.0 Å². The number of ether oxygens (including phenoxy) is 2. The fourth-order valence-electron chi connectivity index (χ4n) is 3.95. The Bertz CT molecular complexity index is 1700. The molecule has 0 aliphatic rings. The molecule has 0 heterocycles. The Morgan fingerprint density at radius 3 is 2.30 bits per heavy atom. The lowest BCUT2D eigenvalue weighted by molar-refractivity contribution is 0.0734. The van der Waals surface area contributed by atoms with Gasteiger partial charge in [0.05, 0.1) is 16.8 Å². The standard InChI is InChI=1S/C32H22Cl2N2O4/c33-24-14-9-21(10-15-24)20-39-25-16-11-23(12-17-25)31(37)36-35-19-28-26-6-2-1-5-22(26)13-18-30(28)40-32(38)27-7-3-4-8-29(27)34/h1-19H,20H2,(H,36,37)/b35-19-. The minimum absolute atomic E-state index is 0.245. The van der Waals surface area contributed by atoms with Crippen molar-refractivity contribution in [1.29, 1.82) is 0 Å². The molecule has 0 aliphatic heterocycles. The van der Waals surface area contributed by atoms with Gasteiger partial charge in [0, 0.05) is 16.1 Å². The first-order chi connectivity index (χ1) is 19.5. The number of hydrogen-bond donors (Lipinski definition) is 1. The maximum atomic E-state index is 12.8. The zero-order valence-electron chi connectivity index (χ0n) is 21.0. The van der Waals surface area contributed by atoms with Crippen LogP contribution in [0.2, 0.25) is 10.0 Å². The summed E-state index contributed by atoms with van der Waals surface area (Å²) in [6, 6.07) is 31.9. The number of nitrogens with zero attached hydrogens (tertiary/aromatic N) is 1. The smallest absolute Gasteiger partial charge is 0.345 e. The molecule has 0 saturated carbocycles. The molecule has 0 spiro atoms. The highest BCUT2D eigenvalue weighted by molar-refractivity contribution is 6.33. The van der Waals surface area contributed by atoms with Gasteiger partial charge in [0.15, 0.2) is 0 Å². The molecule has 1 N–H and O–H groups in total. The number of carbonyl (C=O) groups is 2. The van der Waals surface area contributed by atoms with Crippen LogP contribution in [0.5, 0.6) is 11.5 Å². The average molecular weight is 569 g/mol. The monoisotopic (exact) mass is 568 g/mol. The van der Waals surface area contributed by atoms with Crippen molar-refractivity contribution in [3.05, 3.63) is 141 Å². The SMILES string of the molecule is O=C(N/N=C\c1c(OC(=O)c2ccccc2Cl)ccc2ccccc12)c1ccc(OCc2ccc(Cl)cc2)cc1. The summed E-state index contributed by atoms with van der Waals surface area (Å²) in [4.78, 5) is 25.5. The summed E-state index contributed by atoms with van der Waals surface area (Å²) >= 11 is 12.1. The molecule has 0 saturated heterocycles. The Labute approximate surface area is 240 Å². The fraction of sp³-hybridized carbons (Fsp3) is 0.0312. The van der Waals surface area contributed by atoms with E-state index >= 15 is 0 Å². The number of carbonyl (C=O) groups excluding carboxylic acids is 2. The molecule has 0 fully saturated rings. The predicted octanol–water partition coefficient (Wildman–Crippen LogP) is 7.71. The zero-order chi connectivity index (χ0) is 27.9. The zero-order valence-corrected chi connectivity index (χ0v) is 22.5. The van der Waals surface area contributed by atoms with Crippen LogP contribution in [-0.4, -0.2) is 18.1 Å². The third kappa shape index (κ3) is 6.49. The van der Waals surface area contributed by atoms with Crippen LogP contribution in [0.15, 0.2) is 114 Å². The van der Waals surface area contributed by atoms with E-state index in [1.807, 2.05) is 42.5 Å². The number of rotatable bonds is 8. The molecular formula is C32H22Cl2N2O4. The largest absolute Gasteiger partial charge is 0.489 e. The molecule has 5 rings (SSSR count). The first kappa shape index (κ1) is 26.9. The third-order valence-electron chi connectivity index (χ3n) is 6.02. The molecule has 6 nitrogen and oxygen atoms in total. The van der Waals surface area contributed by atoms with Gasteiger partial charge < -0.3 is 9.47 Å². The molecule has 0 atom stereocenters. The molecule has 8 heteroatoms. The minimum atomic E-state index is -0.599. The van der Waals surface area contributed by atoms with Gasteiger partial charge in [-0.2, -0.15) is 5.10 Å². The molecule has 40 heavy (non-hydrogen) atoms. The Hall–Kier alpha value is -4.65. The van der Waals surface area contributed by atoms with Crippen LogP contribution in [0.1, 0.15) is 31.8 Å². The van der Waals surface area contributed by atoms with Crippen LogP contribution in [0, 0.1) is 0 Å². The Morgan fingerprint density at radius 2 is 1.52 bits per heavy atom. The Morgan fingerprint density at radius 1 is 0.800 bits per heavy atom. The van der Waals surface area contributed by atoms with Gasteiger partial charge in [0.1, 0.15) is 18.1 Å². The van der Waals surface area contributed by atoms with E-state index in [0.717, 1.165) is 16.3 Å². The van der Waals surface area contributed by atoms with Gasteiger partial charge in [-0.25, -0.2) is 10.2 Å². The highest BCUT2D eigenvalue weighted by Gasteiger charge is 2.16. The lowest BCUT2D eigenvalue weighted by atomic mass is 10.0. The predicted molar refractivity (Wildman–Crippen MR) is 158 cm³/mol. The minimum Gasteiger partial charge on any atom is -0.489 e. The normalized spacial score (nSPS) is 10.9. The molecule has 0 aromatic heterocycles. The van der Waals surface area contributed by atoms with Gasteiger partial charge in [0.2, 0.25) is 0 Å². The molecular weight excluding hydrogens is 547 g/mol. The third-order valence-corrected chi connectivity index (χ3v) is 6.60. The molecule has 0 unspecified atom stereocenters. The molecule has 1 amide bonds. The van der Waals surface area contributed by atoms with Crippen LogP contribution < -0.4 is 14.9 Å². The van der Waals surface area contributed by atoms with Gasteiger partial charge >= 0.3 is 5.97 Å². The maximum Gasteiger partial charge on any atom is 0.345 e. The Balaban J connectivity index is 1.29. The van der Waals surface area contributed by atoms with Crippen molar-refractivity contribution in [3.8, 4) is 11.5 Å². The van der Waals surface area contributed by atoms with Gasteiger partial charge in [0.25, 0.3) is 5.91 Å². The number of hydrazone groups is 1. The lowest BCUT2D eigenvalue weighted by Gasteiger charge is -2.11. The van der Waals surface area contributed by atoms with Crippen molar-refractivity contribution in [2.24, 2.45) is 5.10 Å². The van der Waals surface area contributed by atoms with Crippen molar-refractivity contribution >= 4 is 52.1 Å². The van der Waals surface area contributed by atoms with E-state index in [-0.39, 0.29) is 16.3 Å². The van der Waals surface area contributed by atoms with Crippen molar-refractivity contribution < 1.29 is 19.1 Å². The van der Waals surface area contributed by atoms with Crippen molar-refractivity contribution in [3.63, 3.8) is 0 Å². The summed E-state index contributed by atoms with van der Waals surface area (Å²) in [5.74, 6) is -0.104. The van der Waals surface area contributed by atoms with E-state index in [1.165, 1.54) is 6.21 Å². The molecule has 0 bridgehead atoms. The molecule has 0 radical (unpaired) electrons. The van der Waals surface area contributed by atoms with Crippen molar-refractivity contribution in [2.75, 3.05) is 0 Å². The fourth-order valence-corrected chi connectivity index (χ4v) is 4.29. The molecule has 5 aromatic carbocycles. The lowest BCUT2D eigenvalue weighted by Crippen LogP contribution is -2.17. The van der Waals surface area contributed by atoms with Gasteiger partial charge in [-0.05, 0) is 70.9 Å². The molecule has 198 valence electrons. The summed E-state index contributed by atoms with van der Waals surface area (Å²) in [7, 11) is 0. The van der Waals surface area contributed by atoms with E-state index in [1.54, 1.807) is 66.7 Å². The van der Waals surface area contributed by atoms with E-state index in [9.17, 15) is 9.59 Å². The average Bonchev–Trinajstić information content (AvgIpc) is 2.98. The number of nitrogens with one attached hydrogen (secondary N) is 1. The maximum absolute atomic E-state index is 12.8. The van der Waals surface area contributed by atoms with E-state index in [0.29, 0.717) is 28.5 Å². The van der Waals surface area contributed by atoms with Crippen molar-refractivity contribution in [2.45, 2.75) is 6.61 Å². The number of benzene rings is 5. The van der Waals surface area contributed by atoms with Gasteiger partial charge in [-0.1, -0.05) is 77.8 Å². The van der Waals surface area contributed by atoms with Crippen LogP contribution >= 0.6 is 23.2 Å². The van der Waals surface area contributed by atoms with Crippen LogP contribution in [0.25, 0.3) is 10.8 Å². The summed E-state index contributed by atoms with van der Waals surface area (Å²) in [6.07, 6.45) is 1.46. The second kappa shape index (κ2) is 12.5. The molecule has 0 aliphatic carbocycles. The summed E-state index contributed by atoms with van der Waals surface area (Å²) in [6.45, 7) is 0.376. The number of esters is 1. The highest BCUT2D eigenvalue weighted by Crippen LogP contribution is 2.28. The molecule has 5 aromatic rings. The summed E-state index contributed by atoms with van der Waals surface area (Å²) in [5, 5.41) is 6.82. The number of hydrogen-bond acceptors (Lipinski definition) is 5. The first-order valence-corrected chi connectivity index (χ1v) is 13.0. The van der Waals surface area contributed by atoms with Crippen LogP contribution in [-0.2, 0) is 6.61 Å². The summed E-state index contributed by atoms with van der Waals surface area (Å²) < 4.78 is 11.5. The van der Waals surface area contributed by atoms with Gasteiger partial charge in [-0.15, -0.1) is 0 Å². The summed E-state index contributed by atoms with van der Waals surface area (Å²) in [5.41, 5.74) is 4.69.